The van der Waals surface area contributed by atoms with Crippen molar-refractivity contribution in [3.63, 3.8) is 0 Å². The average molecular weight is 252 g/mol. The van der Waals surface area contributed by atoms with Gasteiger partial charge in [-0.1, -0.05) is 0 Å². The normalized spacial score (nSPS) is 24.3. The molecule has 1 heterocycles. The highest BCUT2D eigenvalue weighted by atomic mass is 19.1. The fraction of sp³-hybridized carbons (Fsp3) is 0.571. The second kappa shape index (κ2) is 5.67. The lowest BCUT2D eigenvalue weighted by Gasteiger charge is -2.39. The molecule has 4 heteroatoms. The van der Waals surface area contributed by atoms with Crippen molar-refractivity contribution in [1.29, 1.82) is 0 Å². The predicted molar refractivity (Wildman–Crippen MR) is 71.4 cm³/mol. The van der Waals surface area contributed by atoms with Crippen LogP contribution >= 0.6 is 0 Å². The lowest BCUT2D eigenvalue weighted by atomic mass is 10.1. The van der Waals surface area contributed by atoms with Crippen molar-refractivity contribution in [1.82, 2.24) is 5.32 Å². The summed E-state index contributed by atoms with van der Waals surface area (Å²) in [5.74, 6) is -0.182. The van der Waals surface area contributed by atoms with Crippen LogP contribution in [-0.4, -0.2) is 32.3 Å². The van der Waals surface area contributed by atoms with Crippen LogP contribution in [0.2, 0.25) is 0 Å². The Balaban J connectivity index is 2.30. The van der Waals surface area contributed by atoms with Crippen LogP contribution in [0.25, 0.3) is 0 Å². The van der Waals surface area contributed by atoms with E-state index in [2.05, 4.69) is 24.1 Å². The zero-order valence-electron chi connectivity index (χ0n) is 11.2. The van der Waals surface area contributed by atoms with E-state index in [4.69, 9.17) is 4.74 Å². The molecule has 1 saturated heterocycles. The van der Waals surface area contributed by atoms with Gasteiger partial charge in [0.1, 0.15) is 5.82 Å². The quantitative estimate of drug-likeness (QED) is 0.892. The number of halogens is 1. The van der Waals surface area contributed by atoms with E-state index in [-0.39, 0.29) is 11.9 Å². The van der Waals surface area contributed by atoms with E-state index >= 15 is 0 Å². The summed E-state index contributed by atoms with van der Waals surface area (Å²) in [5.41, 5.74) is 2.10. The predicted octanol–water partition coefficient (Wildman–Crippen LogP) is 2.16. The zero-order chi connectivity index (χ0) is 13.1. The van der Waals surface area contributed by atoms with Gasteiger partial charge in [0.15, 0.2) is 0 Å². The minimum Gasteiger partial charge on any atom is -0.375 e. The Bertz CT molecular complexity index is 411. The molecule has 0 saturated carbocycles. The van der Waals surface area contributed by atoms with Crippen LogP contribution in [0.4, 0.5) is 10.1 Å². The number of morpholine rings is 1. The molecule has 2 unspecified atom stereocenters. The lowest BCUT2D eigenvalue weighted by molar-refractivity contribution is 0.0343. The van der Waals surface area contributed by atoms with Crippen molar-refractivity contribution in [3.8, 4) is 0 Å². The summed E-state index contributed by atoms with van der Waals surface area (Å²) in [4.78, 5) is 2.31. The van der Waals surface area contributed by atoms with Crippen molar-refractivity contribution in [3.05, 3.63) is 29.6 Å². The first-order chi connectivity index (χ1) is 8.61. The van der Waals surface area contributed by atoms with Crippen molar-refractivity contribution in [2.45, 2.75) is 32.5 Å². The average Bonchev–Trinajstić information content (AvgIpc) is 2.33. The highest BCUT2D eigenvalue weighted by Gasteiger charge is 2.25. The maximum Gasteiger partial charge on any atom is 0.123 e. The monoisotopic (exact) mass is 252 g/mol. The van der Waals surface area contributed by atoms with Crippen LogP contribution in [0, 0.1) is 5.82 Å². The molecule has 0 radical (unpaired) electrons. The first-order valence-corrected chi connectivity index (χ1v) is 6.43. The highest BCUT2D eigenvalue weighted by Crippen LogP contribution is 2.26. The van der Waals surface area contributed by atoms with Gasteiger partial charge >= 0.3 is 0 Å². The van der Waals surface area contributed by atoms with Gasteiger partial charge < -0.3 is 15.0 Å². The summed E-state index contributed by atoms with van der Waals surface area (Å²) in [6, 6.07) is 5.33. The standard InChI is InChI=1S/C14H21FN2O/c1-10-9-18-11(2)8-17(10)14-5-4-13(15)6-12(14)7-16-3/h4-6,10-11,16H,7-9H2,1-3H3. The van der Waals surface area contributed by atoms with Crippen molar-refractivity contribution >= 4 is 5.69 Å². The summed E-state index contributed by atoms with van der Waals surface area (Å²) in [7, 11) is 1.88. The number of hydrogen-bond donors (Lipinski definition) is 1. The molecular formula is C14H21FN2O. The topological polar surface area (TPSA) is 24.5 Å². The smallest absolute Gasteiger partial charge is 0.123 e. The largest absolute Gasteiger partial charge is 0.375 e. The van der Waals surface area contributed by atoms with Gasteiger partial charge in [-0.15, -0.1) is 0 Å². The van der Waals surface area contributed by atoms with E-state index in [1.165, 1.54) is 6.07 Å². The molecule has 0 amide bonds. The second-order valence-electron chi connectivity index (χ2n) is 4.95. The van der Waals surface area contributed by atoms with Crippen molar-refractivity contribution in [2.75, 3.05) is 25.1 Å². The summed E-state index contributed by atoms with van der Waals surface area (Å²) >= 11 is 0. The van der Waals surface area contributed by atoms with Crippen LogP contribution in [0.15, 0.2) is 18.2 Å². The Hall–Kier alpha value is -1.13. The van der Waals surface area contributed by atoms with E-state index in [0.717, 1.165) is 24.4 Å². The SMILES string of the molecule is CNCc1cc(F)ccc1N1CC(C)OCC1C. The molecule has 1 aromatic rings. The molecule has 1 aliphatic heterocycles. The van der Waals surface area contributed by atoms with E-state index in [9.17, 15) is 4.39 Å². The molecule has 1 fully saturated rings. The first-order valence-electron chi connectivity index (χ1n) is 6.43. The molecule has 100 valence electrons. The van der Waals surface area contributed by atoms with Gasteiger partial charge in [-0.25, -0.2) is 4.39 Å². The lowest BCUT2D eigenvalue weighted by Crippen LogP contribution is -2.47. The van der Waals surface area contributed by atoms with Gasteiger partial charge in [-0.2, -0.15) is 0 Å². The van der Waals surface area contributed by atoms with Gasteiger partial charge in [0.05, 0.1) is 12.7 Å². The van der Waals surface area contributed by atoms with Crippen LogP contribution in [0.5, 0.6) is 0 Å². The molecule has 0 aromatic heterocycles. The molecule has 2 atom stereocenters. The first kappa shape index (κ1) is 13.3. The molecule has 2 rings (SSSR count). The molecule has 1 aromatic carbocycles. The molecule has 0 aliphatic carbocycles. The molecule has 0 spiro atoms. The van der Waals surface area contributed by atoms with Crippen LogP contribution in [-0.2, 0) is 11.3 Å². The van der Waals surface area contributed by atoms with E-state index in [1.54, 1.807) is 6.07 Å². The third-order valence-corrected chi connectivity index (χ3v) is 3.33. The van der Waals surface area contributed by atoms with Gasteiger partial charge in [-0.3, -0.25) is 0 Å². The van der Waals surface area contributed by atoms with E-state index in [0.29, 0.717) is 12.6 Å². The van der Waals surface area contributed by atoms with E-state index < -0.39 is 0 Å². The number of ether oxygens (including phenoxy) is 1. The van der Waals surface area contributed by atoms with Crippen LogP contribution in [0.1, 0.15) is 19.4 Å². The van der Waals surface area contributed by atoms with Crippen molar-refractivity contribution < 1.29 is 9.13 Å². The maximum absolute atomic E-state index is 13.3. The van der Waals surface area contributed by atoms with Crippen LogP contribution < -0.4 is 10.2 Å². The van der Waals surface area contributed by atoms with Crippen molar-refractivity contribution in [2.24, 2.45) is 0 Å². The maximum atomic E-state index is 13.3. The molecule has 0 bridgehead atoms. The molecule has 1 N–H and O–H groups in total. The Morgan fingerprint density at radius 3 is 2.94 bits per heavy atom. The summed E-state index contributed by atoms with van der Waals surface area (Å²) in [6.45, 7) is 6.45. The van der Waals surface area contributed by atoms with Gasteiger partial charge in [0.25, 0.3) is 0 Å². The molecule has 1 aliphatic rings. The van der Waals surface area contributed by atoms with Crippen LogP contribution in [0.3, 0.4) is 0 Å². The fourth-order valence-corrected chi connectivity index (χ4v) is 2.41. The molecule has 3 nitrogen and oxygen atoms in total. The summed E-state index contributed by atoms with van der Waals surface area (Å²) in [5, 5.41) is 3.09. The van der Waals surface area contributed by atoms with Gasteiger partial charge in [0.2, 0.25) is 0 Å². The number of nitrogens with one attached hydrogen (secondary N) is 1. The number of hydrogen-bond acceptors (Lipinski definition) is 3. The third-order valence-electron chi connectivity index (χ3n) is 3.33. The number of anilines is 1. The second-order valence-corrected chi connectivity index (χ2v) is 4.95. The molecule has 18 heavy (non-hydrogen) atoms. The number of nitrogens with zero attached hydrogens (tertiary/aromatic N) is 1. The minimum atomic E-state index is -0.182. The van der Waals surface area contributed by atoms with Gasteiger partial charge in [-0.05, 0) is 44.7 Å². The van der Waals surface area contributed by atoms with E-state index in [1.807, 2.05) is 13.1 Å². The number of benzene rings is 1. The molecular weight excluding hydrogens is 231 g/mol. The Labute approximate surface area is 108 Å². The number of rotatable bonds is 3. The highest BCUT2D eigenvalue weighted by molar-refractivity contribution is 5.55. The van der Waals surface area contributed by atoms with Gasteiger partial charge in [0, 0.05) is 24.8 Å². The summed E-state index contributed by atoms with van der Waals surface area (Å²) < 4.78 is 19.0. The fourth-order valence-electron chi connectivity index (χ4n) is 2.41. The minimum absolute atomic E-state index is 0.182. The zero-order valence-corrected chi connectivity index (χ0v) is 11.2. The Morgan fingerprint density at radius 2 is 2.22 bits per heavy atom. The Kier molecular flexibility index (Phi) is 4.19. The summed E-state index contributed by atoms with van der Waals surface area (Å²) in [6.07, 6.45) is 0.216. The Morgan fingerprint density at radius 1 is 1.44 bits per heavy atom. The third kappa shape index (κ3) is 2.82.